The molecular formula is C14H22N2O2. The van der Waals surface area contributed by atoms with Crippen molar-refractivity contribution in [2.45, 2.75) is 39.3 Å². The van der Waals surface area contributed by atoms with Crippen LogP contribution in [0.1, 0.15) is 26.3 Å². The molecule has 18 heavy (non-hydrogen) atoms. The second-order valence-corrected chi connectivity index (χ2v) is 4.87. The summed E-state index contributed by atoms with van der Waals surface area (Å²) in [5.74, 6) is 0.270. The summed E-state index contributed by atoms with van der Waals surface area (Å²) < 4.78 is 0. The maximum atomic E-state index is 11.6. The molecule has 0 heterocycles. The van der Waals surface area contributed by atoms with Crippen LogP contribution in [-0.4, -0.2) is 29.6 Å². The van der Waals surface area contributed by atoms with Gasteiger partial charge in [-0.05, 0) is 31.0 Å². The molecule has 1 amide bonds. The van der Waals surface area contributed by atoms with Crippen LogP contribution in [0.4, 0.5) is 0 Å². The smallest absolute Gasteiger partial charge is 0.234 e. The monoisotopic (exact) mass is 250 g/mol. The third-order valence-electron chi connectivity index (χ3n) is 2.56. The summed E-state index contributed by atoms with van der Waals surface area (Å²) in [7, 11) is 0. The lowest BCUT2D eigenvalue weighted by molar-refractivity contribution is -0.120. The van der Waals surface area contributed by atoms with Crippen LogP contribution in [0.2, 0.25) is 0 Å². The largest absolute Gasteiger partial charge is 0.508 e. The van der Waals surface area contributed by atoms with Crippen LogP contribution < -0.4 is 10.6 Å². The van der Waals surface area contributed by atoms with E-state index in [0.29, 0.717) is 12.6 Å². The van der Waals surface area contributed by atoms with Gasteiger partial charge in [0.1, 0.15) is 5.75 Å². The molecule has 1 aromatic rings. The highest BCUT2D eigenvalue weighted by molar-refractivity contribution is 5.78. The van der Waals surface area contributed by atoms with E-state index in [2.05, 4.69) is 10.6 Å². The number of hydrogen-bond donors (Lipinski definition) is 3. The number of nitrogens with one attached hydrogen (secondary N) is 2. The predicted molar refractivity (Wildman–Crippen MR) is 72.6 cm³/mol. The first-order valence-electron chi connectivity index (χ1n) is 6.28. The second-order valence-electron chi connectivity index (χ2n) is 4.87. The van der Waals surface area contributed by atoms with Crippen molar-refractivity contribution in [2.24, 2.45) is 0 Å². The van der Waals surface area contributed by atoms with E-state index in [1.807, 2.05) is 32.9 Å². The third-order valence-corrected chi connectivity index (χ3v) is 2.56. The van der Waals surface area contributed by atoms with Crippen molar-refractivity contribution in [3.05, 3.63) is 29.8 Å². The minimum atomic E-state index is 0.00924. The summed E-state index contributed by atoms with van der Waals surface area (Å²) in [6, 6.07) is 7.43. The van der Waals surface area contributed by atoms with Gasteiger partial charge >= 0.3 is 0 Å². The molecule has 1 aromatic carbocycles. The lowest BCUT2D eigenvalue weighted by atomic mass is 10.1. The zero-order valence-electron chi connectivity index (χ0n) is 11.2. The fourth-order valence-electron chi connectivity index (χ4n) is 1.66. The molecule has 0 bridgehead atoms. The van der Waals surface area contributed by atoms with Crippen LogP contribution in [0.25, 0.3) is 0 Å². The first-order valence-corrected chi connectivity index (χ1v) is 6.28. The fourth-order valence-corrected chi connectivity index (χ4v) is 1.66. The van der Waals surface area contributed by atoms with Gasteiger partial charge in [0.25, 0.3) is 0 Å². The van der Waals surface area contributed by atoms with Gasteiger partial charge in [0.15, 0.2) is 0 Å². The molecule has 3 N–H and O–H groups in total. The molecule has 0 aliphatic heterocycles. The standard InChI is InChI=1S/C14H22N2O2/c1-10(2)15-9-14(18)16-11(3)8-12-4-6-13(17)7-5-12/h4-7,10-11,15,17H,8-9H2,1-3H3,(H,16,18). The summed E-state index contributed by atoms with van der Waals surface area (Å²) in [5.41, 5.74) is 1.09. The quantitative estimate of drug-likeness (QED) is 0.716. The lowest BCUT2D eigenvalue weighted by Gasteiger charge is -2.15. The number of phenols is 1. The SMILES string of the molecule is CC(C)NCC(=O)NC(C)Cc1ccc(O)cc1. The van der Waals surface area contributed by atoms with E-state index in [-0.39, 0.29) is 17.7 Å². The summed E-state index contributed by atoms with van der Waals surface area (Å²) in [5, 5.41) is 15.2. The molecule has 1 atom stereocenters. The Kier molecular flexibility index (Phi) is 5.65. The zero-order chi connectivity index (χ0) is 13.5. The predicted octanol–water partition coefficient (Wildman–Crippen LogP) is 1.44. The Morgan fingerprint density at radius 3 is 2.39 bits per heavy atom. The van der Waals surface area contributed by atoms with Crippen molar-refractivity contribution in [2.75, 3.05) is 6.54 Å². The van der Waals surface area contributed by atoms with Crippen LogP contribution in [0.15, 0.2) is 24.3 Å². The van der Waals surface area contributed by atoms with Gasteiger partial charge in [0.2, 0.25) is 5.91 Å². The van der Waals surface area contributed by atoms with Gasteiger partial charge in [-0.15, -0.1) is 0 Å². The summed E-state index contributed by atoms with van der Waals surface area (Å²) in [6.45, 7) is 6.33. The Morgan fingerprint density at radius 2 is 1.83 bits per heavy atom. The van der Waals surface area contributed by atoms with Crippen molar-refractivity contribution >= 4 is 5.91 Å². The average molecular weight is 250 g/mol. The molecule has 4 heteroatoms. The Morgan fingerprint density at radius 1 is 1.22 bits per heavy atom. The highest BCUT2D eigenvalue weighted by atomic mass is 16.3. The number of benzene rings is 1. The number of rotatable bonds is 6. The van der Waals surface area contributed by atoms with Crippen LogP contribution >= 0.6 is 0 Å². The molecule has 0 fully saturated rings. The van der Waals surface area contributed by atoms with E-state index in [1.165, 1.54) is 0 Å². The van der Waals surface area contributed by atoms with Gasteiger partial charge in [0.05, 0.1) is 6.54 Å². The van der Waals surface area contributed by atoms with Gasteiger partial charge in [-0.25, -0.2) is 0 Å². The molecule has 1 rings (SSSR count). The van der Waals surface area contributed by atoms with Crippen LogP contribution in [-0.2, 0) is 11.2 Å². The maximum Gasteiger partial charge on any atom is 0.234 e. The summed E-state index contributed by atoms with van der Waals surface area (Å²) in [4.78, 5) is 11.6. The average Bonchev–Trinajstić information content (AvgIpc) is 2.29. The molecule has 0 aromatic heterocycles. The molecule has 0 spiro atoms. The molecule has 0 aliphatic carbocycles. The summed E-state index contributed by atoms with van der Waals surface area (Å²) >= 11 is 0. The van der Waals surface area contributed by atoms with Gasteiger partial charge in [-0.3, -0.25) is 4.79 Å². The first kappa shape index (κ1) is 14.5. The fraction of sp³-hybridized carbons (Fsp3) is 0.500. The van der Waals surface area contributed by atoms with Crippen molar-refractivity contribution in [3.8, 4) is 5.75 Å². The topological polar surface area (TPSA) is 61.4 Å². The van der Waals surface area contributed by atoms with E-state index in [4.69, 9.17) is 0 Å². The molecule has 4 nitrogen and oxygen atoms in total. The van der Waals surface area contributed by atoms with Gasteiger partial charge < -0.3 is 15.7 Å². The molecule has 0 radical (unpaired) electrons. The highest BCUT2D eigenvalue weighted by Crippen LogP contribution is 2.11. The van der Waals surface area contributed by atoms with Gasteiger partial charge in [-0.1, -0.05) is 26.0 Å². The van der Waals surface area contributed by atoms with E-state index in [9.17, 15) is 9.90 Å². The number of hydrogen-bond acceptors (Lipinski definition) is 3. The number of phenolic OH excluding ortho intramolecular Hbond substituents is 1. The van der Waals surface area contributed by atoms with Crippen LogP contribution in [0.3, 0.4) is 0 Å². The number of carbonyl (C=O) groups is 1. The van der Waals surface area contributed by atoms with Gasteiger partial charge in [-0.2, -0.15) is 0 Å². The van der Waals surface area contributed by atoms with Crippen LogP contribution in [0.5, 0.6) is 5.75 Å². The third kappa shape index (κ3) is 5.68. The van der Waals surface area contributed by atoms with Crippen molar-refractivity contribution < 1.29 is 9.90 Å². The minimum Gasteiger partial charge on any atom is -0.508 e. The molecule has 100 valence electrons. The number of carbonyl (C=O) groups excluding carboxylic acids is 1. The lowest BCUT2D eigenvalue weighted by Crippen LogP contribution is -2.41. The summed E-state index contributed by atoms with van der Waals surface area (Å²) in [6.07, 6.45) is 0.758. The number of aromatic hydroxyl groups is 1. The Bertz CT molecular complexity index is 374. The Balaban J connectivity index is 2.34. The van der Waals surface area contributed by atoms with E-state index in [0.717, 1.165) is 12.0 Å². The molecular weight excluding hydrogens is 228 g/mol. The zero-order valence-corrected chi connectivity index (χ0v) is 11.2. The molecule has 1 unspecified atom stereocenters. The maximum absolute atomic E-state index is 11.6. The van der Waals surface area contributed by atoms with E-state index < -0.39 is 0 Å². The van der Waals surface area contributed by atoms with E-state index in [1.54, 1.807) is 12.1 Å². The van der Waals surface area contributed by atoms with Crippen molar-refractivity contribution in [3.63, 3.8) is 0 Å². The second kappa shape index (κ2) is 7.01. The van der Waals surface area contributed by atoms with Crippen molar-refractivity contribution in [1.29, 1.82) is 0 Å². The normalized spacial score (nSPS) is 12.4. The highest BCUT2D eigenvalue weighted by Gasteiger charge is 2.08. The molecule has 0 saturated carbocycles. The van der Waals surface area contributed by atoms with Crippen molar-refractivity contribution in [1.82, 2.24) is 10.6 Å². The first-order chi connectivity index (χ1) is 8.47. The number of amides is 1. The molecule has 0 aliphatic rings. The minimum absolute atomic E-state index is 0.00924. The Hall–Kier alpha value is -1.55. The molecule has 0 saturated heterocycles. The Labute approximate surface area is 108 Å². The van der Waals surface area contributed by atoms with E-state index >= 15 is 0 Å². The van der Waals surface area contributed by atoms with Gasteiger partial charge in [0, 0.05) is 12.1 Å². The van der Waals surface area contributed by atoms with Crippen LogP contribution in [0, 0.1) is 0 Å².